The van der Waals surface area contributed by atoms with Gasteiger partial charge in [0.1, 0.15) is 30.3 Å². The maximum atomic E-state index is 12.8. The van der Waals surface area contributed by atoms with Crippen molar-refractivity contribution in [2.45, 2.75) is 6.92 Å². The number of aryl methyl sites for hydroxylation is 1. The lowest BCUT2D eigenvalue weighted by Crippen LogP contribution is -2.35. The lowest BCUT2D eigenvalue weighted by Gasteiger charge is -2.14. The maximum Gasteiger partial charge on any atom is 0.282 e. The van der Waals surface area contributed by atoms with Gasteiger partial charge in [-0.25, -0.2) is 5.01 Å². The van der Waals surface area contributed by atoms with E-state index in [1.54, 1.807) is 42.5 Å². The Hall–Kier alpha value is -3.77. The largest absolute Gasteiger partial charge is 0.490 e. The molecule has 0 aliphatic carbocycles. The van der Waals surface area contributed by atoms with Crippen molar-refractivity contribution in [3.63, 3.8) is 0 Å². The quantitative estimate of drug-likeness (QED) is 0.326. The summed E-state index contributed by atoms with van der Waals surface area (Å²) < 4.78 is 11.6. The normalized spacial score (nSPS) is 14.6. The molecule has 3 aromatic carbocycles. The molecule has 1 aliphatic rings. The fourth-order valence-corrected chi connectivity index (χ4v) is 3.43. The first-order valence-electron chi connectivity index (χ1n) is 10.1. The first-order chi connectivity index (χ1) is 15.5. The summed E-state index contributed by atoms with van der Waals surface area (Å²) in [4.78, 5) is 25.3. The Morgan fingerprint density at radius 2 is 1.72 bits per heavy atom. The summed E-state index contributed by atoms with van der Waals surface area (Å²) in [7, 11) is 0. The summed E-state index contributed by atoms with van der Waals surface area (Å²) in [5.41, 5.74) is 4.79. The zero-order valence-corrected chi connectivity index (χ0v) is 18.1. The van der Waals surface area contributed by atoms with Crippen LogP contribution in [-0.2, 0) is 9.59 Å². The predicted molar refractivity (Wildman–Crippen MR) is 124 cm³/mol. The predicted octanol–water partition coefficient (Wildman–Crippen LogP) is 4.57. The number of benzene rings is 3. The van der Waals surface area contributed by atoms with Gasteiger partial charge in [0, 0.05) is 10.6 Å². The smallest absolute Gasteiger partial charge is 0.282 e. The summed E-state index contributed by atoms with van der Waals surface area (Å²) in [5, 5.41) is 1.68. The van der Waals surface area contributed by atoms with Crippen LogP contribution >= 0.6 is 11.6 Å². The van der Waals surface area contributed by atoms with E-state index in [2.05, 4.69) is 5.43 Å². The number of nitrogens with one attached hydrogen (secondary N) is 1. The average Bonchev–Trinajstić information content (AvgIpc) is 3.07. The van der Waals surface area contributed by atoms with Crippen molar-refractivity contribution >= 4 is 35.2 Å². The monoisotopic (exact) mass is 448 g/mol. The van der Waals surface area contributed by atoms with Crippen molar-refractivity contribution in [1.82, 2.24) is 5.43 Å². The molecule has 7 heteroatoms. The zero-order chi connectivity index (χ0) is 22.5. The van der Waals surface area contributed by atoms with Crippen LogP contribution in [0.25, 0.3) is 6.08 Å². The Labute approximate surface area is 191 Å². The van der Waals surface area contributed by atoms with Crippen LogP contribution in [0.5, 0.6) is 11.5 Å². The molecule has 3 aromatic rings. The van der Waals surface area contributed by atoms with E-state index in [4.69, 9.17) is 21.1 Å². The van der Waals surface area contributed by atoms with Gasteiger partial charge in [0.2, 0.25) is 0 Å². The van der Waals surface area contributed by atoms with Gasteiger partial charge in [-0.1, -0.05) is 41.9 Å². The van der Waals surface area contributed by atoms with Crippen LogP contribution in [0, 0.1) is 6.92 Å². The second kappa shape index (κ2) is 9.58. The molecule has 0 atom stereocenters. The summed E-state index contributed by atoms with van der Waals surface area (Å²) in [6.07, 6.45) is 1.49. The van der Waals surface area contributed by atoms with E-state index in [0.29, 0.717) is 28.6 Å². The maximum absolute atomic E-state index is 12.8. The van der Waals surface area contributed by atoms with Crippen molar-refractivity contribution < 1.29 is 19.1 Å². The molecular weight excluding hydrogens is 428 g/mol. The first kappa shape index (κ1) is 21.5. The summed E-state index contributed by atoms with van der Waals surface area (Å²) in [5.74, 6) is 0.317. The molecule has 1 saturated heterocycles. The van der Waals surface area contributed by atoms with E-state index in [9.17, 15) is 9.59 Å². The molecule has 1 N–H and O–H groups in total. The molecule has 0 saturated carbocycles. The van der Waals surface area contributed by atoms with Gasteiger partial charge in [0.25, 0.3) is 11.8 Å². The molecule has 32 heavy (non-hydrogen) atoms. The summed E-state index contributed by atoms with van der Waals surface area (Å²) in [6, 6.07) is 21.7. The molecular formula is C25H21ClN2O4. The second-order valence-electron chi connectivity index (χ2n) is 7.17. The van der Waals surface area contributed by atoms with Gasteiger partial charge in [0.15, 0.2) is 0 Å². The number of anilines is 1. The third kappa shape index (κ3) is 4.92. The highest BCUT2D eigenvalue weighted by molar-refractivity contribution is 6.32. The molecule has 4 rings (SSSR count). The van der Waals surface area contributed by atoms with E-state index in [1.807, 2.05) is 37.3 Å². The second-order valence-corrected chi connectivity index (χ2v) is 7.61. The summed E-state index contributed by atoms with van der Waals surface area (Å²) in [6.45, 7) is 2.61. The van der Waals surface area contributed by atoms with Gasteiger partial charge in [0.05, 0.1) is 5.69 Å². The number of para-hydroxylation sites is 1. The van der Waals surface area contributed by atoms with Crippen molar-refractivity contribution in [2.75, 3.05) is 18.2 Å². The molecule has 0 aromatic heterocycles. The number of nitrogens with zero attached hydrogens (tertiary/aromatic N) is 1. The SMILES string of the molecule is Cc1cccc(OCCOc2ccc(Cl)cc2/C=C2\C(=O)NN(c3ccccc3)C2=O)c1. The molecule has 1 aliphatic heterocycles. The minimum absolute atomic E-state index is 0.00280. The van der Waals surface area contributed by atoms with Crippen LogP contribution in [0.3, 0.4) is 0 Å². The van der Waals surface area contributed by atoms with Crippen LogP contribution in [0.1, 0.15) is 11.1 Å². The van der Waals surface area contributed by atoms with Gasteiger partial charge < -0.3 is 9.47 Å². The highest BCUT2D eigenvalue weighted by atomic mass is 35.5. The molecule has 2 amide bonds. The third-order valence-corrected chi connectivity index (χ3v) is 5.01. The van der Waals surface area contributed by atoms with Crippen LogP contribution in [0.15, 0.2) is 78.4 Å². The molecule has 0 radical (unpaired) electrons. The number of hydrogen-bond donors (Lipinski definition) is 1. The number of ether oxygens (including phenoxy) is 2. The Kier molecular flexibility index (Phi) is 6.42. The molecule has 1 heterocycles. The number of hydrogen-bond acceptors (Lipinski definition) is 4. The molecule has 6 nitrogen and oxygen atoms in total. The van der Waals surface area contributed by atoms with Gasteiger partial charge in [-0.3, -0.25) is 15.0 Å². The van der Waals surface area contributed by atoms with E-state index in [0.717, 1.165) is 11.3 Å². The lowest BCUT2D eigenvalue weighted by molar-refractivity contribution is -0.117. The molecule has 0 unspecified atom stereocenters. The zero-order valence-electron chi connectivity index (χ0n) is 17.4. The highest BCUT2D eigenvalue weighted by Crippen LogP contribution is 2.28. The number of amides is 2. The van der Waals surface area contributed by atoms with Crippen molar-refractivity contribution in [1.29, 1.82) is 0 Å². The van der Waals surface area contributed by atoms with E-state index < -0.39 is 11.8 Å². The lowest BCUT2D eigenvalue weighted by atomic mass is 10.1. The Bertz CT molecular complexity index is 1180. The minimum atomic E-state index is -0.493. The third-order valence-electron chi connectivity index (χ3n) is 4.78. The average molecular weight is 449 g/mol. The van der Waals surface area contributed by atoms with Gasteiger partial charge in [-0.2, -0.15) is 0 Å². The molecule has 0 bridgehead atoms. The number of hydrazine groups is 1. The van der Waals surface area contributed by atoms with Gasteiger partial charge in [-0.05, 0) is 61.0 Å². The number of carbonyl (C=O) groups excluding carboxylic acids is 2. The highest BCUT2D eigenvalue weighted by Gasteiger charge is 2.34. The van der Waals surface area contributed by atoms with Crippen LogP contribution < -0.4 is 19.9 Å². The van der Waals surface area contributed by atoms with E-state index in [1.165, 1.54) is 11.1 Å². The molecule has 162 valence electrons. The Balaban J connectivity index is 1.48. The van der Waals surface area contributed by atoms with Crippen molar-refractivity contribution in [2.24, 2.45) is 0 Å². The molecule has 0 spiro atoms. The fourth-order valence-electron chi connectivity index (χ4n) is 3.25. The van der Waals surface area contributed by atoms with Crippen LogP contribution in [0.2, 0.25) is 5.02 Å². The van der Waals surface area contributed by atoms with E-state index in [-0.39, 0.29) is 12.2 Å². The minimum Gasteiger partial charge on any atom is -0.490 e. The van der Waals surface area contributed by atoms with Crippen molar-refractivity contribution in [3.05, 3.63) is 94.5 Å². The fraction of sp³-hybridized carbons (Fsp3) is 0.120. The Morgan fingerprint density at radius 1 is 0.938 bits per heavy atom. The van der Waals surface area contributed by atoms with Crippen molar-refractivity contribution in [3.8, 4) is 11.5 Å². The van der Waals surface area contributed by atoms with Gasteiger partial charge in [-0.15, -0.1) is 0 Å². The van der Waals surface area contributed by atoms with Gasteiger partial charge >= 0.3 is 0 Å². The Morgan fingerprint density at radius 3 is 2.50 bits per heavy atom. The standard InChI is InChI=1S/C25H21ClN2O4/c1-17-6-5-9-21(14-17)31-12-13-32-23-11-10-19(26)15-18(23)16-22-24(29)27-28(25(22)30)20-7-3-2-4-8-20/h2-11,14-16H,12-13H2,1H3,(H,27,29)/b22-16+. The van der Waals surface area contributed by atoms with Crippen LogP contribution in [0.4, 0.5) is 5.69 Å². The number of halogens is 1. The number of rotatable bonds is 7. The topological polar surface area (TPSA) is 67.9 Å². The number of carbonyl (C=O) groups is 2. The van der Waals surface area contributed by atoms with Crippen LogP contribution in [-0.4, -0.2) is 25.0 Å². The molecule has 1 fully saturated rings. The van der Waals surface area contributed by atoms with E-state index >= 15 is 0 Å². The summed E-state index contributed by atoms with van der Waals surface area (Å²) >= 11 is 6.15. The first-order valence-corrected chi connectivity index (χ1v) is 10.4.